The molecular formula is C10H20INO3. The zero-order chi connectivity index (χ0) is 10.8. The van der Waals surface area contributed by atoms with E-state index in [1.807, 2.05) is 0 Å². The van der Waals surface area contributed by atoms with Crippen molar-refractivity contribution in [2.24, 2.45) is 0 Å². The average Bonchev–Trinajstić information content (AvgIpc) is 2.01. The summed E-state index contributed by atoms with van der Waals surface area (Å²) in [5.41, 5.74) is 0. The molecule has 0 spiro atoms. The first-order valence-corrected chi connectivity index (χ1v) is 5.01. The number of hydrogen-bond donors (Lipinski definition) is 0. The number of nitrogens with zero attached hydrogens (tertiary/aromatic N) is 1. The van der Waals surface area contributed by atoms with Gasteiger partial charge in [0.1, 0.15) is 0 Å². The van der Waals surface area contributed by atoms with Crippen LogP contribution in [0.3, 0.4) is 0 Å². The summed E-state index contributed by atoms with van der Waals surface area (Å²) in [4.78, 5) is 10.9. The van der Waals surface area contributed by atoms with Gasteiger partial charge in [-0.25, -0.2) is 0 Å². The molecule has 1 saturated heterocycles. The van der Waals surface area contributed by atoms with Crippen LogP contribution in [0, 0.1) is 0 Å². The molecule has 0 aromatic carbocycles. The van der Waals surface area contributed by atoms with Crippen molar-refractivity contribution in [3.05, 3.63) is 0 Å². The van der Waals surface area contributed by atoms with Crippen LogP contribution < -0.4 is 24.0 Å². The third-order valence-electron chi connectivity index (χ3n) is 2.52. The van der Waals surface area contributed by atoms with Crippen LogP contribution in [0.2, 0.25) is 0 Å². The van der Waals surface area contributed by atoms with E-state index in [0.717, 1.165) is 17.3 Å². The molecule has 1 fully saturated rings. The molecule has 90 valence electrons. The van der Waals surface area contributed by atoms with Crippen molar-refractivity contribution < 1.29 is 42.7 Å². The van der Waals surface area contributed by atoms with Gasteiger partial charge in [0.2, 0.25) is 0 Å². The van der Waals surface area contributed by atoms with Crippen LogP contribution in [0.15, 0.2) is 0 Å². The second-order valence-electron chi connectivity index (χ2n) is 4.67. The lowest BCUT2D eigenvalue weighted by molar-refractivity contribution is -0.904. The predicted octanol–water partition coefficient (Wildman–Crippen LogP) is -2.24. The summed E-state index contributed by atoms with van der Waals surface area (Å²) in [6.07, 6.45) is 1.71. The number of carbonyl (C=O) groups excluding carboxylic acids is 1. The Morgan fingerprint density at radius 3 is 2.47 bits per heavy atom. The number of hydrogen-bond acceptors (Lipinski definition) is 3. The molecule has 15 heavy (non-hydrogen) atoms. The van der Waals surface area contributed by atoms with Gasteiger partial charge in [-0.15, -0.1) is 0 Å². The van der Waals surface area contributed by atoms with E-state index >= 15 is 0 Å². The Labute approximate surface area is 109 Å². The molecule has 0 radical (unpaired) electrons. The highest BCUT2D eigenvalue weighted by Crippen LogP contribution is 2.22. The van der Waals surface area contributed by atoms with Gasteiger partial charge in [0.25, 0.3) is 6.29 Å². The Morgan fingerprint density at radius 1 is 1.40 bits per heavy atom. The lowest BCUT2D eigenvalue weighted by atomic mass is 10.1. The van der Waals surface area contributed by atoms with Crippen LogP contribution >= 0.6 is 0 Å². The maximum Gasteiger partial charge on any atom is 0.305 e. The first-order chi connectivity index (χ1) is 6.41. The molecule has 0 N–H and O–H groups in total. The Bertz CT molecular complexity index is 215. The van der Waals surface area contributed by atoms with Crippen molar-refractivity contribution in [1.82, 2.24) is 0 Å². The number of rotatable bonds is 2. The first-order valence-electron chi connectivity index (χ1n) is 5.01. The summed E-state index contributed by atoms with van der Waals surface area (Å²) >= 11 is 0. The largest absolute Gasteiger partial charge is 1.00 e. The standard InChI is InChI=1S/C10H20NO3.HI/c1-8(12)14-10-9(11(2,3)4)6-5-7-13-10;/h9-10H,5-7H2,1-4H3;1H/q+1;/p-1. The molecular weight excluding hydrogens is 309 g/mol. The second kappa shape index (κ2) is 6.00. The summed E-state index contributed by atoms with van der Waals surface area (Å²) in [7, 11) is 6.28. The van der Waals surface area contributed by atoms with Crippen molar-refractivity contribution >= 4 is 5.97 Å². The predicted molar refractivity (Wildman–Crippen MR) is 52.6 cm³/mol. The highest BCUT2D eigenvalue weighted by atomic mass is 127. The molecule has 2 atom stereocenters. The van der Waals surface area contributed by atoms with Crippen LogP contribution in [0.25, 0.3) is 0 Å². The Hall–Kier alpha value is 0.120. The molecule has 0 bridgehead atoms. The highest BCUT2D eigenvalue weighted by Gasteiger charge is 2.38. The normalized spacial score (nSPS) is 26.7. The molecule has 0 aromatic rings. The zero-order valence-electron chi connectivity index (χ0n) is 9.83. The Morgan fingerprint density at radius 2 is 2.00 bits per heavy atom. The average molecular weight is 329 g/mol. The SMILES string of the molecule is CC(=O)OC1OCCCC1[N+](C)(C)C.[I-]. The number of esters is 1. The fourth-order valence-electron chi connectivity index (χ4n) is 1.77. The minimum Gasteiger partial charge on any atom is -1.00 e. The van der Waals surface area contributed by atoms with Crippen molar-refractivity contribution in [3.8, 4) is 0 Å². The van der Waals surface area contributed by atoms with Crippen molar-refractivity contribution in [3.63, 3.8) is 0 Å². The fourth-order valence-corrected chi connectivity index (χ4v) is 1.77. The maximum absolute atomic E-state index is 10.9. The van der Waals surface area contributed by atoms with Crippen LogP contribution in [-0.2, 0) is 14.3 Å². The van der Waals surface area contributed by atoms with E-state index in [0.29, 0.717) is 6.61 Å². The number of ether oxygens (including phenoxy) is 2. The van der Waals surface area contributed by atoms with E-state index in [-0.39, 0.29) is 42.3 Å². The summed E-state index contributed by atoms with van der Waals surface area (Å²) < 4.78 is 11.4. The molecule has 0 amide bonds. The maximum atomic E-state index is 10.9. The molecule has 1 heterocycles. The molecule has 0 aromatic heterocycles. The molecule has 4 nitrogen and oxygen atoms in total. The van der Waals surface area contributed by atoms with Gasteiger partial charge in [-0.2, -0.15) is 0 Å². The molecule has 1 rings (SSSR count). The van der Waals surface area contributed by atoms with Gasteiger partial charge < -0.3 is 37.9 Å². The minimum absolute atomic E-state index is 0. The highest BCUT2D eigenvalue weighted by molar-refractivity contribution is 5.66. The number of carbonyl (C=O) groups is 1. The van der Waals surface area contributed by atoms with Crippen LogP contribution in [-0.4, -0.2) is 50.5 Å². The van der Waals surface area contributed by atoms with E-state index < -0.39 is 0 Å². The molecule has 0 saturated carbocycles. The van der Waals surface area contributed by atoms with Crippen LogP contribution in [0.4, 0.5) is 0 Å². The molecule has 1 aliphatic heterocycles. The monoisotopic (exact) mass is 329 g/mol. The summed E-state index contributed by atoms with van der Waals surface area (Å²) in [6.45, 7) is 2.11. The van der Waals surface area contributed by atoms with E-state index in [4.69, 9.17) is 9.47 Å². The van der Waals surface area contributed by atoms with Gasteiger partial charge in [-0.05, 0) is 6.42 Å². The quantitative estimate of drug-likeness (QED) is 0.327. The van der Waals surface area contributed by atoms with Gasteiger partial charge in [-0.1, -0.05) is 0 Å². The zero-order valence-corrected chi connectivity index (χ0v) is 12.0. The lowest BCUT2D eigenvalue weighted by Crippen LogP contribution is -3.00. The number of likely N-dealkylation sites (N-methyl/N-ethyl adjacent to an activating group) is 1. The van der Waals surface area contributed by atoms with Gasteiger partial charge in [0.05, 0.1) is 27.7 Å². The summed E-state index contributed by atoms with van der Waals surface area (Å²) in [5.74, 6) is -0.268. The molecule has 5 heteroatoms. The van der Waals surface area contributed by atoms with Crippen LogP contribution in [0.5, 0.6) is 0 Å². The molecule has 0 aliphatic carbocycles. The fraction of sp³-hybridized carbons (Fsp3) is 0.900. The number of quaternary nitrogens is 1. The van der Waals surface area contributed by atoms with Crippen molar-refractivity contribution in [2.45, 2.75) is 32.1 Å². The van der Waals surface area contributed by atoms with E-state index in [9.17, 15) is 4.79 Å². The first kappa shape index (κ1) is 15.1. The van der Waals surface area contributed by atoms with Crippen LogP contribution in [0.1, 0.15) is 19.8 Å². The molecule has 1 aliphatic rings. The minimum atomic E-state index is -0.374. The van der Waals surface area contributed by atoms with Gasteiger partial charge in [-0.3, -0.25) is 4.79 Å². The smallest absolute Gasteiger partial charge is 0.305 e. The summed E-state index contributed by atoms with van der Waals surface area (Å²) in [5, 5.41) is 0. The third kappa shape index (κ3) is 4.65. The topological polar surface area (TPSA) is 35.5 Å². The van der Waals surface area contributed by atoms with Gasteiger partial charge in [0.15, 0.2) is 6.04 Å². The second-order valence-corrected chi connectivity index (χ2v) is 4.67. The lowest BCUT2D eigenvalue weighted by Gasteiger charge is -2.40. The van der Waals surface area contributed by atoms with E-state index in [2.05, 4.69) is 21.1 Å². The van der Waals surface area contributed by atoms with Gasteiger partial charge >= 0.3 is 5.97 Å². The van der Waals surface area contributed by atoms with Gasteiger partial charge in [0, 0.05) is 13.3 Å². The summed E-state index contributed by atoms with van der Waals surface area (Å²) in [6, 6.07) is 0.243. The van der Waals surface area contributed by atoms with E-state index in [1.165, 1.54) is 6.92 Å². The van der Waals surface area contributed by atoms with Crippen molar-refractivity contribution in [2.75, 3.05) is 27.7 Å². The van der Waals surface area contributed by atoms with Crippen molar-refractivity contribution in [1.29, 1.82) is 0 Å². The Balaban J connectivity index is 0.00000196. The molecule has 2 unspecified atom stereocenters. The Kier molecular flexibility index (Phi) is 6.05. The van der Waals surface area contributed by atoms with E-state index in [1.54, 1.807) is 0 Å². The third-order valence-corrected chi connectivity index (χ3v) is 2.52. The number of halogens is 1.